The number of hydrogen-bond acceptors (Lipinski definition) is 6. The first kappa shape index (κ1) is 25.8. The third-order valence-corrected chi connectivity index (χ3v) is 7.00. The van der Waals surface area contributed by atoms with Crippen molar-refractivity contribution in [2.75, 3.05) is 31.2 Å². The van der Waals surface area contributed by atoms with E-state index >= 15 is 0 Å². The van der Waals surface area contributed by atoms with Crippen molar-refractivity contribution in [1.82, 2.24) is 15.3 Å². The fourth-order valence-electron chi connectivity index (χ4n) is 3.82. The molecule has 3 aliphatic rings. The van der Waals surface area contributed by atoms with E-state index in [0.29, 0.717) is 36.1 Å². The second-order valence-electron chi connectivity index (χ2n) is 7.56. The number of pyridine rings is 2. The Kier molecular flexibility index (Phi) is 9.32. The summed E-state index contributed by atoms with van der Waals surface area (Å²) >= 11 is 4.19. The van der Waals surface area contributed by atoms with Crippen LogP contribution in [0, 0.1) is 13.1 Å². The van der Waals surface area contributed by atoms with Gasteiger partial charge in [-0.3, -0.25) is 0 Å². The molecule has 0 aromatic carbocycles. The number of ether oxygens (including phenoxy) is 2. The SMILES string of the molecule is Cl.F[C@H]1C[C@H]2COc3c(I)ccnc3N2C1.Fc1nccc(I)c1OC[C@@H]1C[C@H](F)CN1. The van der Waals surface area contributed by atoms with Gasteiger partial charge in [-0.15, -0.1) is 12.4 Å². The molecule has 2 saturated heterocycles. The predicted molar refractivity (Wildman–Crippen MR) is 134 cm³/mol. The lowest BCUT2D eigenvalue weighted by Crippen LogP contribution is -2.39. The number of halogens is 6. The number of aromatic nitrogens is 2. The Labute approximate surface area is 217 Å². The smallest absolute Gasteiger partial charge is 0.256 e. The standard InChI is InChI=1S/C10H11F2IN2O.C10H10FIN2O.ClH/c11-6-3-7(15-4-6)5-16-9-8(13)1-2-14-10(9)12;11-6-3-7-5-15-9-8(12)1-2-13-10(9)14(7)4-6;/h1-2,6-7,15H,3-5H2;1-2,6-7H,3-5H2;1H/t2*6-,7-;/m00./s1. The third-order valence-electron chi connectivity index (χ3n) is 5.30. The summed E-state index contributed by atoms with van der Waals surface area (Å²) in [6.45, 7) is 1.64. The molecular weight excluding hydrogens is 675 g/mol. The van der Waals surface area contributed by atoms with E-state index in [0.717, 1.165) is 15.1 Å². The molecule has 5 heterocycles. The van der Waals surface area contributed by atoms with Gasteiger partial charge in [0.1, 0.15) is 25.6 Å². The van der Waals surface area contributed by atoms with Crippen molar-refractivity contribution in [2.45, 2.75) is 37.3 Å². The zero-order chi connectivity index (χ0) is 22.0. The molecule has 0 aliphatic carbocycles. The Bertz CT molecular complexity index is 912. The van der Waals surface area contributed by atoms with Crippen LogP contribution in [0.5, 0.6) is 11.5 Å². The Morgan fingerprint density at radius 2 is 1.88 bits per heavy atom. The molecule has 176 valence electrons. The maximum absolute atomic E-state index is 13.3. The molecular formula is C20H22ClF3I2N4O2. The molecule has 2 fully saturated rings. The second kappa shape index (κ2) is 11.6. The molecule has 4 atom stereocenters. The Hall–Kier alpha value is -0.800. The molecule has 0 radical (unpaired) electrons. The molecule has 5 rings (SSSR count). The van der Waals surface area contributed by atoms with Crippen molar-refractivity contribution < 1.29 is 22.6 Å². The monoisotopic (exact) mass is 696 g/mol. The van der Waals surface area contributed by atoms with E-state index in [9.17, 15) is 13.2 Å². The molecule has 12 heteroatoms. The highest BCUT2D eigenvalue weighted by Crippen LogP contribution is 2.39. The van der Waals surface area contributed by atoms with E-state index in [-0.39, 0.29) is 36.8 Å². The van der Waals surface area contributed by atoms with Crippen LogP contribution < -0.4 is 19.7 Å². The van der Waals surface area contributed by atoms with Crippen LogP contribution in [-0.2, 0) is 0 Å². The van der Waals surface area contributed by atoms with Gasteiger partial charge in [0.15, 0.2) is 17.3 Å². The van der Waals surface area contributed by atoms with Gasteiger partial charge in [-0.1, -0.05) is 0 Å². The van der Waals surface area contributed by atoms with E-state index in [4.69, 9.17) is 9.47 Å². The maximum Gasteiger partial charge on any atom is 0.256 e. The normalized spacial score (nSPS) is 25.6. The third kappa shape index (κ3) is 6.00. The van der Waals surface area contributed by atoms with Crippen molar-refractivity contribution in [1.29, 1.82) is 0 Å². The summed E-state index contributed by atoms with van der Waals surface area (Å²) in [4.78, 5) is 9.83. The van der Waals surface area contributed by atoms with Gasteiger partial charge < -0.3 is 19.7 Å². The summed E-state index contributed by atoms with van der Waals surface area (Å²) in [5.41, 5.74) is 0. The van der Waals surface area contributed by atoms with Gasteiger partial charge in [0, 0.05) is 31.4 Å². The molecule has 1 N–H and O–H groups in total. The molecule has 0 spiro atoms. The highest BCUT2D eigenvalue weighted by molar-refractivity contribution is 14.1. The van der Waals surface area contributed by atoms with E-state index in [2.05, 4.69) is 37.9 Å². The van der Waals surface area contributed by atoms with Crippen LogP contribution in [0.2, 0.25) is 0 Å². The lowest BCUT2D eigenvalue weighted by atomic mass is 10.2. The number of nitrogens with one attached hydrogen (secondary N) is 1. The van der Waals surface area contributed by atoms with Crippen LogP contribution >= 0.6 is 57.6 Å². The molecule has 2 aromatic heterocycles. The number of nitrogens with zero attached hydrogens (tertiary/aromatic N) is 3. The van der Waals surface area contributed by atoms with Gasteiger partial charge in [-0.05, 0) is 63.7 Å². The topological polar surface area (TPSA) is 59.5 Å². The summed E-state index contributed by atoms with van der Waals surface area (Å²) in [7, 11) is 0. The van der Waals surface area contributed by atoms with Crippen LogP contribution in [0.15, 0.2) is 24.5 Å². The number of rotatable bonds is 3. The summed E-state index contributed by atoms with van der Waals surface area (Å²) in [6, 6.07) is 3.69. The van der Waals surface area contributed by atoms with Gasteiger partial charge in [0.05, 0.1) is 19.7 Å². The molecule has 32 heavy (non-hydrogen) atoms. The van der Waals surface area contributed by atoms with E-state index in [1.54, 1.807) is 12.3 Å². The molecule has 6 nitrogen and oxygen atoms in total. The Balaban J connectivity index is 0.000000175. The van der Waals surface area contributed by atoms with E-state index < -0.39 is 18.3 Å². The van der Waals surface area contributed by atoms with Crippen LogP contribution in [0.1, 0.15) is 12.8 Å². The second-order valence-corrected chi connectivity index (χ2v) is 9.88. The zero-order valence-corrected chi connectivity index (χ0v) is 21.9. The van der Waals surface area contributed by atoms with Gasteiger partial charge in [-0.2, -0.15) is 4.39 Å². The van der Waals surface area contributed by atoms with Gasteiger partial charge >= 0.3 is 0 Å². The van der Waals surface area contributed by atoms with Crippen molar-refractivity contribution in [3.63, 3.8) is 0 Å². The first-order valence-corrected chi connectivity index (χ1v) is 12.1. The van der Waals surface area contributed by atoms with Crippen molar-refractivity contribution >= 4 is 63.4 Å². The van der Waals surface area contributed by atoms with Gasteiger partial charge in [0.2, 0.25) is 0 Å². The maximum atomic E-state index is 13.3. The molecule has 0 amide bonds. The minimum absolute atomic E-state index is 0. The van der Waals surface area contributed by atoms with Crippen LogP contribution in [-0.4, -0.2) is 60.7 Å². The summed E-state index contributed by atoms with van der Waals surface area (Å²) in [6.07, 6.45) is 2.54. The highest BCUT2D eigenvalue weighted by atomic mass is 127. The zero-order valence-electron chi connectivity index (χ0n) is 16.8. The van der Waals surface area contributed by atoms with Gasteiger partial charge in [-0.25, -0.2) is 18.7 Å². The molecule has 0 unspecified atom stereocenters. The number of alkyl halides is 2. The quantitative estimate of drug-likeness (QED) is 0.382. The van der Waals surface area contributed by atoms with E-state index in [1.807, 2.05) is 33.6 Å². The first-order valence-electron chi connectivity index (χ1n) is 9.90. The fraction of sp³-hybridized carbons (Fsp3) is 0.500. The number of hydrogen-bond donors (Lipinski definition) is 1. The fourth-order valence-corrected chi connectivity index (χ4v) is 4.92. The summed E-state index contributed by atoms with van der Waals surface area (Å²) < 4.78 is 52.1. The number of anilines is 1. The minimum Gasteiger partial charge on any atom is -0.486 e. The predicted octanol–water partition coefficient (Wildman–Crippen LogP) is 4.32. The minimum atomic E-state index is -0.827. The molecule has 0 bridgehead atoms. The molecule has 3 aliphatic heterocycles. The lowest BCUT2D eigenvalue weighted by molar-refractivity contribution is 0.253. The molecule has 2 aromatic rings. The van der Waals surface area contributed by atoms with E-state index in [1.165, 1.54) is 6.20 Å². The highest BCUT2D eigenvalue weighted by Gasteiger charge is 2.38. The Morgan fingerprint density at radius 1 is 1.12 bits per heavy atom. The van der Waals surface area contributed by atoms with Crippen LogP contribution in [0.4, 0.5) is 19.0 Å². The molecule has 0 saturated carbocycles. The average molecular weight is 697 g/mol. The number of fused-ring (bicyclic) bond motifs is 3. The summed E-state index contributed by atoms with van der Waals surface area (Å²) in [5, 5.41) is 2.97. The average Bonchev–Trinajstić information content (AvgIpc) is 3.33. The van der Waals surface area contributed by atoms with Crippen molar-refractivity contribution in [2.24, 2.45) is 0 Å². The van der Waals surface area contributed by atoms with Crippen molar-refractivity contribution in [3.05, 3.63) is 37.6 Å². The van der Waals surface area contributed by atoms with Crippen LogP contribution in [0.25, 0.3) is 0 Å². The lowest BCUT2D eigenvalue weighted by Gasteiger charge is -2.32. The van der Waals surface area contributed by atoms with Gasteiger partial charge in [0.25, 0.3) is 5.95 Å². The first-order chi connectivity index (χ1) is 14.9. The Morgan fingerprint density at radius 3 is 2.59 bits per heavy atom. The van der Waals surface area contributed by atoms with Crippen molar-refractivity contribution in [3.8, 4) is 11.5 Å². The largest absolute Gasteiger partial charge is 0.486 e. The van der Waals surface area contributed by atoms with Crippen LogP contribution in [0.3, 0.4) is 0 Å². The summed E-state index contributed by atoms with van der Waals surface area (Å²) in [5.74, 6) is 1.13.